The summed E-state index contributed by atoms with van der Waals surface area (Å²) in [5.41, 5.74) is 0.357. The zero-order valence-electron chi connectivity index (χ0n) is 10.6. The van der Waals surface area contributed by atoms with E-state index in [2.05, 4.69) is 15.9 Å². The number of rotatable bonds is 2. The molecule has 3 rings (SSSR count). The lowest BCUT2D eigenvalue weighted by atomic mass is 10.1. The predicted octanol–water partition coefficient (Wildman–Crippen LogP) is 2.16. The third kappa shape index (κ3) is 2.17. The second-order valence-corrected chi connectivity index (χ2v) is 7.24. The van der Waals surface area contributed by atoms with Crippen LogP contribution in [0.4, 0.5) is 5.69 Å². The van der Waals surface area contributed by atoms with Crippen molar-refractivity contribution in [3.05, 3.63) is 58.6 Å². The molecule has 1 unspecified atom stereocenters. The lowest BCUT2D eigenvalue weighted by molar-refractivity contribution is 0.0792. The summed E-state index contributed by atoms with van der Waals surface area (Å²) in [5.74, 6) is -0.634. The second kappa shape index (κ2) is 4.94. The van der Waals surface area contributed by atoms with Crippen LogP contribution < -0.4 is 4.31 Å². The number of fused-ring (bicyclic) bond motifs is 1. The Kier molecular flexibility index (Phi) is 3.35. The van der Waals surface area contributed by atoms with Crippen LogP contribution in [0.25, 0.3) is 0 Å². The zero-order valence-corrected chi connectivity index (χ0v) is 13.0. The number of Topliss-reactive ketones (excluding diaryl/α,β-unsaturated/α-hetero) is 1. The van der Waals surface area contributed by atoms with E-state index in [1.165, 1.54) is 24.3 Å². The van der Waals surface area contributed by atoms with Crippen molar-refractivity contribution in [3.8, 4) is 0 Å². The van der Waals surface area contributed by atoms with Gasteiger partial charge in [-0.3, -0.25) is 4.79 Å². The van der Waals surface area contributed by atoms with Crippen LogP contribution in [0.15, 0.2) is 57.9 Å². The highest BCUT2D eigenvalue weighted by Crippen LogP contribution is 2.37. The van der Waals surface area contributed by atoms with Crippen molar-refractivity contribution in [2.45, 2.75) is 11.1 Å². The van der Waals surface area contributed by atoms with Crippen molar-refractivity contribution >= 4 is 37.4 Å². The third-order valence-corrected chi connectivity index (χ3v) is 5.49. The molecule has 0 amide bonds. The zero-order chi connectivity index (χ0) is 15.2. The van der Waals surface area contributed by atoms with Gasteiger partial charge in [-0.15, -0.1) is 0 Å². The standard InChI is InChI=1S/C14H10BrNO4S/c15-9-6-7-12-11(8-9)13(17)14(18)16(12)21(19,20)10-4-2-1-3-5-10/h1-8,14,18H. The molecule has 0 radical (unpaired) electrons. The van der Waals surface area contributed by atoms with E-state index in [4.69, 9.17) is 0 Å². The van der Waals surface area contributed by atoms with Crippen LogP contribution in [0.5, 0.6) is 0 Å². The number of anilines is 1. The summed E-state index contributed by atoms with van der Waals surface area (Å²) in [4.78, 5) is 12.1. The van der Waals surface area contributed by atoms with Crippen LogP contribution in [0.3, 0.4) is 0 Å². The number of nitrogens with zero attached hydrogens (tertiary/aromatic N) is 1. The van der Waals surface area contributed by atoms with Gasteiger partial charge in [0.2, 0.25) is 12.0 Å². The molecule has 2 aromatic rings. The molecule has 0 saturated heterocycles. The van der Waals surface area contributed by atoms with E-state index >= 15 is 0 Å². The maximum absolute atomic E-state index is 12.6. The third-order valence-electron chi connectivity index (χ3n) is 3.22. The van der Waals surface area contributed by atoms with Crippen molar-refractivity contribution < 1.29 is 18.3 Å². The van der Waals surface area contributed by atoms with Crippen LogP contribution in [-0.4, -0.2) is 25.5 Å². The van der Waals surface area contributed by atoms with Gasteiger partial charge >= 0.3 is 0 Å². The first kappa shape index (κ1) is 14.2. The van der Waals surface area contributed by atoms with Gasteiger partial charge in [-0.1, -0.05) is 34.1 Å². The summed E-state index contributed by atoms with van der Waals surface area (Å²) in [6.45, 7) is 0. The molecule has 0 saturated carbocycles. The number of sulfonamides is 1. The maximum atomic E-state index is 12.6. The van der Waals surface area contributed by atoms with Crippen molar-refractivity contribution in [2.75, 3.05) is 4.31 Å². The fourth-order valence-electron chi connectivity index (χ4n) is 2.24. The van der Waals surface area contributed by atoms with Crippen LogP contribution in [0.2, 0.25) is 0 Å². The SMILES string of the molecule is O=C1c2cc(Br)ccc2N(S(=O)(=O)c2ccccc2)C1O. The highest BCUT2D eigenvalue weighted by Gasteiger charge is 2.43. The first-order chi connectivity index (χ1) is 9.93. The molecule has 2 aromatic carbocycles. The fraction of sp³-hybridized carbons (Fsp3) is 0.0714. The Bertz CT molecular complexity index is 820. The molecule has 5 nitrogen and oxygen atoms in total. The number of carbonyl (C=O) groups is 1. The molecule has 1 atom stereocenters. The van der Waals surface area contributed by atoms with Gasteiger partial charge in [-0.05, 0) is 30.3 Å². The van der Waals surface area contributed by atoms with Gasteiger partial charge < -0.3 is 5.11 Å². The van der Waals surface area contributed by atoms with Gasteiger partial charge in [0.25, 0.3) is 10.0 Å². The van der Waals surface area contributed by atoms with E-state index in [1.807, 2.05) is 0 Å². The van der Waals surface area contributed by atoms with E-state index in [1.54, 1.807) is 24.3 Å². The number of ketones is 1. The largest absolute Gasteiger partial charge is 0.366 e. The summed E-state index contributed by atoms with van der Waals surface area (Å²) in [7, 11) is -4.00. The minimum Gasteiger partial charge on any atom is -0.366 e. The first-order valence-electron chi connectivity index (χ1n) is 6.04. The minimum atomic E-state index is -4.00. The van der Waals surface area contributed by atoms with Gasteiger partial charge in [-0.25, -0.2) is 12.7 Å². The molecule has 1 aliphatic heterocycles. The molecule has 108 valence electrons. The second-order valence-electron chi connectivity index (χ2n) is 4.51. The summed E-state index contributed by atoms with van der Waals surface area (Å²) in [5, 5.41) is 10.0. The summed E-state index contributed by atoms with van der Waals surface area (Å²) in [6, 6.07) is 12.3. The predicted molar refractivity (Wildman–Crippen MR) is 80.6 cm³/mol. The highest BCUT2D eigenvalue weighted by molar-refractivity contribution is 9.10. The molecular formula is C14H10BrNO4S. The average Bonchev–Trinajstić information content (AvgIpc) is 2.72. The van der Waals surface area contributed by atoms with Gasteiger partial charge in [0, 0.05) is 10.0 Å². The summed E-state index contributed by atoms with van der Waals surface area (Å²) in [6.07, 6.45) is -1.74. The number of benzene rings is 2. The Balaban J connectivity index is 2.19. The van der Waals surface area contributed by atoms with Crippen molar-refractivity contribution in [1.29, 1.82) is 0 Å². The Hall–Kier alpha value is -1.70. The normalized spacial score (nSPS) is 17.9. The molecule has 0 fully saturated rings. The number of halogens is 1. The van der Waals surface area contributed by atoms with Crippen LogP contribution in [-0.2, 0) is 10.0 Å². The number of aliphatic hydroxyl groups is 1. The summed E-state index contributed by atoms with van der Waals surface area (Å²) < 4.78 is 26.7. The topological polar surface area (TPSA) is 74.7 Å². The van der Waals surface area contributed by atoms with Crippen LogP contribution in [0, 0.1) is 0 Å². The van der Waals surface area contributed by atoms with Crippen LogP contribution >= 0.6 is 15.9 Å². The highest BCUT2D eigenvalue weighted by atomic mass is 79.9. The Morgan fingerprint density at radius 3 is 2.43 bits per heavy atom. The van der Waals surface area contributed by atoms with Crippen LogP contribution in [0.1, 0.15) is 10.4 Å². The molecule has 0 spiro atoms. The van der Waals surface area contributed by atoms with E-state index in [-0.39, 0.29) is 16.1 Å². The average molecular weight is 368 g/mol. The van der Waals surface area contributed by atoms with Crippen molar-refractivity contribution in [3.63, 3.8) is 0 Å². The van der Waals surface area contributed by atoms with Gasteiger partial charge in [0.1, 0.15) is 0 Å². The van der Waals surface area contributed by atoms with E-state index in [0.717, 1.165) is 4.31 Å². The maximum Gasteiger partial charge on any atom is 0.266 e. The first-order valence-corrected chi connectivity index (χ1v) is 8.27. The number of aliphatic hydroxyl groups excluding tert-OH is 1. The lowest BCUT2D eigenvalue weighted by Crippen LogP contribution is -2.39. The Labute approximate surface area is 130 Å². The van der Waals surface area contributed by atoms with Crippen molar-refractivity contribution in [1.82, 2.24) is 0 Å². The fourth-order valence-corrected chi connectivity index (χ4v) is 4.11. The van der Waals surface area contributed by atoms with E-state index in [9.17, 15) is 18.3 Å². The minimum absolute atomic E-state index is 0.0209. The van der Waals surface area contributed by atoms with E-state index in [0.29, 0.717) is 4.47 Å². The molecule has 1 aliphatic rings. The molecule has 0 aromatic heterocycles. The monoisotopic (exact) mass is 367 g/mol. The Morgan fingerprint density at radius 1 is 1.10 bits per heavy atom. The smallest absolute Gasteiger partial charge is 0.266 e. The van der Waals surface area contributed by atoms with Gasteiger partial charge in [0.05, 0.1) is 10.6 Å². The summed E-state index contributed by atoms with van der Waals surface area (Å²) >= 11 is 3.23. The van der Waals surface area contributed by atoms with E-state index < -0.39 is 22.0 Å². The molecular weight excluding hydrogens is 358 g/mol. The molecule has 0 bridgehead atoms. The number of hydrogen-bond acceptors (Lipinski definition) is 4. The molecule has 0 aliphatic carbocycles. The number of carbonyl (C=O) groups excluding carboxylic acids is 1. The Morgan fingerprint density at radius 2 is 1.76 bits per heavy atom. The quantitative estimate of drug-likeness (QED) is 0.882. The van der Waals surface area contributed by atoms with Crippen molar-refractivity contribution in [2.24, 2.45) is 0 Å². The molecule has 1 N–H and O–H groups in total. The van der Waals surface area contributed by atoms with Gasteiger partial charge in [-0.2, -0.15) is 0 Å². The lowest BCUT2D eigenvalue weighted by Gasteiger charge is -2.22. The molecule has 21 heavy (non-hydrogen) atoms. The van der Waals surface area contributed by atoms with Gasteiger partial charge in [0.15, 0.2) is 0 Å². The molecule has 7 heteroatoms. The number of hydrogen-bond donors (Lipinski definition) is 1. The molecule has 1 heterocycles.